The number of rotatable bonds is 7. The molecule has 1 saturated carbocycles. The summed E-state index contributed by atoms with van der Waals surface area (Å²) in [7, 11) is 2.01. The second-order valence-electron chi connectivity index (χ2n) is 5.67. The maximum atomic E-state index is 11.7. The predicted octanol–water partition coefficient (Wildman–Crippen LogP) is 2.61. The number of thioether (sulfide) groups is 1. The van der Waals surface area contributed by atoms with Gasteiger partial charge in [0.15, 0.2) is 0 Å². The number of benzene rings is 1. The summed E-state index contributed by atoms with van der Waals surface area (Å²) in [6.45, 7) is 5.71. The quantitative estimate of drug-likeness (QED) is 0.784. The number of nitrogens with one attached hydrogen (secondary N) is 1. The van der Waals surface area contributed by atoms with Crippen LogP contribution in [0.4, 0.5) is 0 Å². The van der Waals surface area contributed by atoms with E-state index in [4.69, 9.17) is 0 Å². The van der Waals surface area contributed by atoms with Gasteiger partial charge in [-0.1, -0.05) is 6.07 Å². The van der Waals surface area contributed by atoms with Gasteiger partial charge in [0.1, 0.15) is 0 Å². The van der Waals surface area contributed by atoms with Gasteiger partial charge < -0.3 is 5.32 Å². The van der Waals surface area contributed by atoms with Gasteiger partial charge in [0.2, 0.25) is 5.91 Å². The topological polar surface area (TPSA) is 32.3 Å². The van der Waals surface area contributed by atoms with Crippen molar-refractivity contribution in [2.75, 3.05) is 25.9 Å². The van der Waals surface area contributed by atoms with E-state index in [2.05, 4.69) is 42.3 Å². The normalized spacial score (nSPS) is 14.6. The fraction of sp³-hybridized carbons (Fsp3) is 0.562. The summed E-state index contributed by atoms with van der Waals surface area (Å²) in [6.07, 6.45) is 2.30. The lowest BCUT2D eigenvalue weighted by atomic mass is 10.1. The van der Waals surface area contributed by atoms with Crippen molar-refractivity contribution in [3.8, 4) is 0 Å². The molecule has 0 spiro atoms. The second-order valence-corrected chi connectivity index (χ2v) is 6.84. The van der Waals surface area contributed by atoms with Crippen LogP contribution in [-0.4, -0.2) is 42.7 Å². The van der Waals surface area contributed by atoms with Crippen molar-refractivity contribution in [2.45, 2.75) is 37.6 Å². The van der Waals surface area contributed by atoms with Crippen molar-refractivity contribution in [2.24, 2.45) is 0 Å². The first-order valence-electron chi connectivity index (χ1n) is 7.22. The molecule has 0 heterocycles. The minimum atomic E-state index is 0.159. The number of carbonyl (C=O) groups is 1. The highest BCUT2D eigenvalue weighted by Crippen LogP contribution is 2.21. The molecular weight excluding hydrogens is 268 g/mol. The van der Waals surface area contributed by atoms with Crippen LogP contribution in [0.1, 0.15) is 24.0 Å². The van der Waals surface area contributed by atoms with Crippen molar-refractivity contribution in [3.63, 3.8) is 0 Å². The Labute approximate surface area is 126 Å². The summed E-state index contributed by atoms with van der Waals surface area (Å²) < 4.78 is 0. The Balaban J connectivity index is 1.66. The Kier molecular flexibility index (Phi) is 5.49. The van der Waals surface area contributed by atoms with E-state index in [9.17, 15) is 4.79 Å². The minimum Gasteiger partial charge on any atom is -0.352 e. The van der Waals surface area contributed by atoms with E-state index >= 15 is 0 Å². The standard InChI is InChI=1S/C16H24N2OS/c1-12-4-7-15(10-13(12)2)20-9-8-18(3)11-16(19)17-14-5-6-14/h4,7,10,14H,5-6,8-9,11H2,1-3H3,(H,17,19). The number of hydrogen-bond acceptors (Lipinski definition) is 3. The number of amides is 1. The molecule has 3 nitrogen and oxygen atoms in total. The molecule has 1 aliphatic carbocycles. The second kappa shape index (κ2) is 7.14. The molecule has 0 bridgehead atoms. The van der Waals surface area contributed by atoms with Gasteiger partial charge in [-0.2, -0.15) is 0 Å². The van der Waals surface area contributed by atoms with Crippen LogP contribution in [0.2, 0.25) is 0 Å². The SMILES string of the molecule is Cc1ccc(SCCN(C)CC(=O)NC2CC2)cc1C. The van der Waals surface area contributed by atoms with E-state index in [0.29, 0.717) is 12.6 Å². The largest absolute Gasteiger partial charge is 0.352 e. The first kappa shape index (κ1) is 15.4. The average Bonchev–Trinajstić information content (AvgIpc) is 3.17. The summed E-state index contributed by atoms with van der Waals surface area (Å²) in [4.78, 5) is 15.1. The van der Waals surface area contributed by atoms with Crippen molar-refractivity contribution >= 4 is 17.7 Å². The summed E-state index contributed by atoms with van der Waals surface area (Å²) in [5.41, 5.74) is 2.68. The maximum Gasteiger partial charge on any atom is 0.234 e. The Morgan fingerprint density at radius 2 is 2.10 bits per heavy atom. The molecular formula is C16H24N2OS. The zero-order chi connectivity index (χ0) is 14.5. The Hall–Kier alpha value is -1.00. The van der Waals surface area contributed by atoms with E-state index in [1.165, 1.54) is 16.0 Å². The lowest BCUT2D eigenvalue weighted by molar-refractivity contribution is -0.122. The van der Waals surface area contributed by atoms with Crippen LogP contribution in [0.3, 0.4) is 0 Å². The summed E-state index contributed by atoms with van der Waals surface area (Å²) >= 11 is 1.85. The molecule has 1 amide bonds. The molecule has 0 atom stereocenters. The van der Waals surface area contributed by atoms with Gasteiger partial charge in [-0.3, -0.25) is 9.69 Å². The van der Waals surface area contributed by atoms with Crippen molar-refractivity contribution in [1.82, 2.24) is 10.2 Å². The monoisotopic (exact) mass is 292 g/mol. The first-order chi connectivity index (χ1) is 9.54. The first-order valence-corrected chi connectivity index (χ1v) is 8.21. The highest BCUT2D eigenvalue weighted by Gasteiger charge is 2.23. The van der Waals surface area contributed by atoms with Gasteiger partial charge in [-0.15, -0.1) is 11.8 Å². The minimum absolute atomic E-state index is 0.159. The van der Waals surface area contributed by atoms with Crippen LogP contribution < -0.4 is 5.32 Å². The van der Waals surface area contributed by atoms with Crippen LogP contribution in [0, 0.1) is 13.8 Å². The molecule has 0 saturated heterocycles. The van der Waals surface area contributed by atoms with Crippen molar-refractivity contribution < 1.29 is 4.79 Å². The van der Waals surface area contributed by atoms with Gasteiger partial charge in [-0.05, 0) is 57.0 Å². The molecule has 1 fully saturated rings. The van der Waals surface area contributed by atoms with Crippen LogP contribution in [-0.2, 0) is 4.79 Å². The van der Waals surface area contributed by atoms with Crippen LogP contribution in [0.5, 0.6) is 0 Å². The number of hydrogen-bond donors (Lipinski definition) is 1. The number of carbonyl (C=O) groups excluding carboxylic acids is 1. The lowest BCUT2D eigenvalue weighted by Crippen LogP contribution is -2.37. The fourth-order valence-electron chi connectivity index (χ4n) is 1.95. The molecule has 0 aromatic heterocycles. The predicted molar refractivity (Wildman–Crippen MR) is 85.3 cm³/mol. The zero-order valence-electron chi connectivity index (χ0n) is 12.6. The summed E-state index contributed by atoms with van der Waals surface area (Å²) in [5, 5.41) is 3.02. The number of nitrogens with zero attached hydrogens (tertiary/aromatic N) is 1. The van der Waals surface area contributed by atoms with E-state index in [0.717, 1.165) is 25.1 Å². The van der Waals surface area contributed by atoms with E-state index < -0.39 is 0 Å². The molecule has 0 radical (unpaired) electrons. The van der Waals surface area contributed by atoms with Crippen molar-refractivity contribution in [3.05, 3.63) is 29.3 Å². The van der Waals surface area contributed by atoms with Gasteiger partial charge in [0.05, 0.1) is 6.54 Å². The zero-order valence-corrected chi connectivity index (χ0v) is 13.4. The third kappa shape index (κ3) is 5.17. The molecule has 1 aromatic carbocycles. The summed E-state index contributed by atoms with van der Waals surface area (Å²) in [5.74, 6) is 1.17. The van der Waals surface area contributed by atoms with Gasteiger partial charge in [0, 0.05) is 23.2 Å². The molecule has 1 aliphatic rings. The molecule has 4 heteroatoms. The van der Waals surface area contributed by atoms with E-state index in [-0.39, 0.29) is 5.91 Å². The molecule has 2 rings (SSSR count). The maximum absolute atomic E-state index is 11.7. The Morgan fingerprint density at radius 3 is 2.75 bits per heavy atom. The third-order valence-corrected chi connectivity index (χ3v) is 4.55. The molecule has 0 unspecified atom stereocenters. The van der Waals surface area contributed by atoms with Crippen LogP contribution in [0.25, 0.3) is 0 Å². The molecule has 1 N–H and O–H groups in total. The van der Waals surface area contributed by atoms with E-state index in [1.54, 1.807) is 0 Å². The molecule has 110 valence electrons. The Morgan fingerprint density at radius 1 is 1.35 bits per heavy atom. The highest BCUT2D eigenvalue weighted by molar-refractivity contribution is 7.99. The fourth-order valence-corrected chi connectivity index (χ4v) is 3.01. The highest BCUT2D eigenvalue weighted by atomic mass is 32.2. The Bertz CT molecular complexity index is 472. The number of aryl methyl sites for hydroxylation is 2. The van der Waals surface area contributed by atoms with Crippen molar-refractivity contribution in [1.29, 1.82) is 0 Å². The third-order valence-electron chi connectivity index (χ3n) is 3.58. The average molecular weight is 292 g/mol. The molecule has 0 aliphatic heterocycles. The van der Waals surface area contributed by atoms with Crippen LogP contribution in [0.15, 0.2) is 23.1 Å². The lowest BCUT2D eigenvalue weighted by Gasteiger charge is -2.16. The molecule has 20 heavy (non-hydrogen) atoms. The molecule has 1 aromatic rings. The van der Waals surface area contributed by atoms with Gasteiger partial charge in [0.25, 0.3) is 0 Å². The summed E-state index contributed by atoms with van der Waals surface area (Å²) in [6, 6.07) is 7.04. The van der Waals surface area contributed by atoms with E-state index in [1.807, 2.05) is 18.8 Å². The smallest absolute Gasteiger partial charge is 0.234 e. The van der Waals surface area contributed by atoms with Gasteiger partial charge in [-0.25, -0.2) is 0 Å². The number of likely N-dealkylation sites (N-methyl/N-ethyl adjacent to an activating group) is 1. The van der Waals surface area contributed by atoms with Gasteiger partial charge >= 0.3 is 0 Å². The van der Waals surface area contributed by atoms with Crippen LogP contribution >= 0.6 is 11.8 Å².